The molecular weight excluding hydrogens is 133 g/mol. The summed E-state index contributed by atoms with van der Waals surface area (Å²) < 4.78 is 11.9. The maximum Gasteiger partial charge on any atom is 0.188 e. The van der Waals surface area contributed by atoms with Crippen molar-refractivity contribution in [1.29, 1.82) is 0 Å². The van der Waals surface area contributed by atoms with Gasteiger partial charge in [-0.05, 0) is 6.42 Å². The second-order valence-electron chi connectivity index (χ2n) is 2.14. The molecule has 0 N–H and O–H groups in total. The van der Waals surface area contributed by atoms with Gasteiger partial charge < -0.3 is 0 Å². The fourth-order valence-electron chi connectivity index (χ4n) is 0.843. The lowest BCUT2D eigenvalue weighted by Gasteiger charge is -2.01. The van der Waals surface area contributed by atoms with Crippen LogP contribution in [-0.2, 0) is 4.79 Å². The van der Waals surface area contributed by atoms with Gasteiger partial charge >= 0.3 is 0 Å². The SMILES string of the molecule is CCC1[N][C]=C(CF)C1=O. The van der Waals surface area contributed by atoms with Gasteiger partial charge in [0.15, 0.2) is 5.78 Å². The van der Waals surface area contributed by atoms with Crippen LogP contribution in [0.5, 0.6) is 0 Å². The molecule has 1 unspecified atom stereocenters. The average Bonchev–Trinajstić information content (AvgIpc) is 2.30. The Morgan fingerprint density at radius 3 is 2.80 bits per heavy atom. The molecule has 0 spiro atoms. The van der Waals surface area contributed by atoms with Crippen LogP contribution >= 0.6 is 0 Å². The van der Waals surface area contributed by atoms with E-state index in [1.807, 2.05) is 6.92 Å². The topological polar surface area (TPSA) is 31.2 Å². The number of halogens is 1. The molecular formula is C7H8FNO. The lowest BCUT2D eigenvalue weighted by molar-refractivity contribution is -0.116. The molecule has 1 atom stereocenters. The number of hydrogen-bond acceptors (Lipinski definition) is 1. The maximum absolute atomic E-state index is 11.9. The molecule has 2 nitrogen and oxygen atoms in total. The number of rotatable bonds is 2. The molecule has 0 aromatic rings. The van der Waals surface area contributed by atoms with Crippen LogP contribution in [0, 0.1) is 6.20 Å². The third-order valence-corrected chi connectivity index (χ3v) is 1.48. The molecule has 0 aliphatic carbocycles. The minimum atomic E-state index is -0.737. The Morgan fingerprint density at radius 1 is 1.80 bits per heavy atom. The van der Waals surface area contributed by atoms with Crippen molar-refractivity contribution in [3.63, 3.8) is 0 Å². The van der Waals surface area contributed by atoms with Crippen molar-refractivity contribution in [2.24, 2.45) is 0 Å². The summed E-state index contributed by atoms with van der Waals surface area (Å²) in [6.45, 7) is 1.10. The van der Waals surface area contributed by atoms with Crippen LogP contribution in [-0.4, -0.2) is 18.5 Å². The van der Waals surface area contributed by atoms with E-state index in [0.29, 0.717) is 6.42 Å². The van der Waals surface area contributed by atoms with Crippen molar-refractivity contribution in [2.45, 2.75) is 19.4 Å². The van der Waals surface area contributed by atoms with E-state index < -0.39 is 6.67 Å². The molecule has 0 aromatic heterocycles. The van der Waals surface area contributed by atoms with Crippen LogP contribution < -0.4 is 5.32 Å². The van der Waals surface area contributed by atoms with E-state index in [0.717, 1.165) is 0 Å². The molecule has 2 radical (unpaired) electrons. The van der Waals surface area contributed by atoms with Gasteiger partial charge in [0.25, 0.3) is 0 Å². The van der Waals surface area contributed by atoms with Gasteiger partial charge in [0.2, 0.25) is 0 Å². The average molecular weight is 141 g/mol. The van der Waals surface area contributed by atoms with Gasteiger partial charge in [0.1, 0.15) is 12.7 Å². The van der Waals surface area contributed by atoms with Crippen molar-refractivity contribution < 1.29 is 9.18 Å². The number of ketones is 1. The highest BCUT2D eigenvalue weighted by Gasteiger charge is 2.26. The Bertz CT molecular complexity index is 176. The van der Waals surface area contributed by atoms with Gasteiger partial charge in [0.05, 0.1) is 11.8 Å². The quantitative estimate of drug-likeness (QED) is 0.554. The predicted octanol–water partition coefficient (Wildman–Crippen LogP) is 0.609. The zero-order valence-corrected chi connectivity index (χ0v) is 5.72. The molecule has 0 saturated carbocycles. The van der Waals surface area contributed by atoms with Gasteiger partial charge in [-0.1, -0.05) is 6.92 Å². The van der Waals surface area contributed by atoms with Gasteiger partial charge in [-0.15, -0.1) is 0 Å². The maximum atomic E-state index is 11.9. The van der Waals surface area contributed by atoms with Gasteiger partial charge in [-0.2, -0.15) is 0 Å². The highest BCUT2D eigenvalue weighted by molar-refractivity contribution is 6.00. The zero-order valence-electron chi connectivity index (χ0n) is 5.72. The van der Waals surface area contributed by atoms with Crippen LogP contribution in [0.1, 0.15) is 13.3 Å². The summed E-state index contributed by atoms with van der Waals surface area (Å²) in [5.74, 6) is -0.204. The molecule has 1 aliphatic heterocycles. The van der Waals surface area contributed by atoms with E-state index in [9.17, 15) is 9.18 Å². The van der Waals surface area contributed by atoms with Crippen LogP contribution in [0.4, 0.5) is 4.39 Å². The molecule has 1 heterocycles. The fraction of sp³-hybridized carbons (Fsp3) is 0.571. The van der Waals surface area contributed by atoms with E-state index in [1.54, 1.807) is 0 Å². The number of carbonyl (C=O) groups excluding carboxylic acids is 1. The lowest BCUT2D eigenvalue weighted by atomic mass is 10.1. The molecule has 1 aliphatic rings. The largest absolute Gasteiger partial charge is 0.292 e. The molecule has 1 rings (SSSR count). The normalized spacial score (nSPS) is 24.4. The Morgan fingerprint density at radius 2 is 2.50 bits per heavy atom. The number of Topliss-reactive ketones (excluding diaryl/α,β-unsaturated/α-hetero) is 1. The molecule has 10 heavy (non-hydrogen) atoms. The third kappa shape index (κ3) is 1.03. The van der Waals surface area contributed by atoms with E-state index >= 15 is 0 Å². The first kappa shape index (κ1) is 7.25. The van der Waals surface area contributed by atoms with Crippen molar-refractivity contribution in [2.75, 3.05) is 6.67 Å². The minimum absolute atomic E-state index is 0.0897. The molecule has 0 amide bonds. The summed E-state index contributed by atoms with van der Waals surface area (Å²) in [5.41, 5.74) is 0.0897. The van der Waals surface area contributed by atoms with Crippen molar-refractivity contribution >= 4 is 5.78 Å². The monoisotopic (exact) mass is 141 g/mol. The highest BCUT2D eigenvalue weighted by Crippen LogP contribution is 2.11. The van der Waals surface area contributed by atoms with Crippen molar-refractivity contribution in [1.82, 2.24) is 5.32 Å². The zero-order chi connectivity index (χ0) is 7.56. The summed E-state index contributed by atoms with van der Waals surface area (Å²) in [5, 5.41) is 3.71. The third-order valence-electron chi connectivity index (χ3n) is 1.48. The second-order valence-corrected chi connectivity index (χ2v) is 2.14. The number of hydrogen-bond donors (Lipinski definition) is 0. The first-order chi connectivity index (χ1) is 4.79. The Kier molecular flexibility index (Phi) is 2.04. The van der Waals surface area contributed by atoms with Gasteiger partial charge in [-0.25, -0.2) is 4.39 Å². The summed E-state index contributed by atoms with van der Waals surface area (Å²) in [4.78, 5) is 10.9. The number of alkyl halides is 1. The number of carbonyl (C=O) groups is 1. The summed E-state index contributed by atoms with van der Waals surface area (Å²) in [6.07, 6.45) is 3.01. The predicted molar refractivity (Wildman–Crippen MR) is 34.0 cm³/mol. The smallest absolute Gasteiger partial charge is 0.188 e. The lowest BCUT2D eigenvalue weighted by Crippen LogP contribution is -2.22. The van der Waals surface area contributed by atoms with E-state index in [-0.39, 0.29) is 17.4 Å². The van der Waals surface area contributed by atoms with E-state index in [2.05, 4.69) is 11.5 Å². The summed E-state index contributed by atoms with van der Waals surface area (Å²) >= 11 is 0. The summed E-state index contributed by atoms with van der Waals surface area (Å²) in [6, 6.07) is -0.356. The molecule has 54 valence electrons. The first-order valence-electron chi connectivity index (χ1n) is 3.21. The highest BCUT2D eigenvalue weighted by atomic mass is 19.1. The fourth-order valence-corrected chi connectivity index (χ4v) is 0.843. The molecule has 0 aromatic carbocycles. The molecule has 0 bridgehead atoms. The Balaban J connectivity index is 2.60. The van der Waals surface area contributed by atoms with Gasteiger partial charge in [0, 0.05) is 0 Å². The van der Waals surface area contributed by atoms with Crippen LogP contribution in [0.3, 0.4) is 0 Å². The Hall–Kier alpha value is -0.860. The second kappa shape index (κ2) is 2.82. The van der Waals surface area contributed by atoms with E-state index in [4.69, 9.17) is 0 Å². The summed E-state index contributed by atoms with van der Waals surface area (Å²) in [7, 11) is 0. The van der Waals surface area contributed by atoms with Crippen LogP contribution in [0.25, 0.3) is 0 Å². The minimum Gasteiger partial charge on any atom is -0.292 e. The van der Waals surface area contributed by atoms with E-state index in [1.165, 1.54) is 0 Å². The van der Waals surface area contributed by atoms with Crippen molar-refractivity contribution in [3.8, 4) is 0 Å². The first-order valence-corrected chi connectivity index (χ1v) is 3.21. The Labute approximate surface area is 59.1 Å². The van der Waals surface area contributed by atoms with Crippen molar-refractivity contribution in [3.05, 3.63) is 11.8 Å². The van der Waals surface area contributed by atoms with Crippen LogP contribution in [0.2, 0.25) is 0 Å². The van der Waals surface area contributed by atoms with Crippen LogP contribution in [0.15, 0.2) is 5.57 Å². The standard InChI is InChI=1S/C7H8FNO/c1-2-6-7(10)5(3-8)4-9-6/h6H,2-3H2,1H3. The molecule has 0 fully saturated rings. The molecule has 3 heteroatoms. The molecule has 0 saturated heterocycles. The number of nitrogens with zero attached hydrogens (tertiary/aromatic N) is 1. The van der Waals surface area contributed by atoms with Gasteiger partial charge in [-0.3, -0.25) is 10.1 Å².